The zero-order chi connectivity index (χ0) is 19.0. The van der Waals surface area contributed by atoms with E-state index in [2.05, 4.69) is 21.4 Å². The highest BCUT2D eigenvalue weighted by Gasteiger charge is 2.19. The number of nitrogens with zero attached hydrogens (tertiary/aromatic N) is 2. The van der Waals surface area contributed by atoms with Gasteiger partial charge in [-0.2, -0.15) is 0 Å². The monoisotopic (exact) mass is 361 g/mol. The number of carbonyl (C=O) groups excluding carboxylic acids is 1. The Bertz CT molecular complexity index is 977. The van der Waals surface area contributed by atoms with Crippen molar-refractivity contribution in [3.05, 3.63) is 58.4 Å². The number of rotatable bonds is 2. The lowest BCUT2D eigenvalue weighted by Crippen LogP contribution is -2.19. The summed E-state index contributed by atoms with van der Waals surface area (Å²) in [5.41, 5.74) is 18.2. The van der Waals surface area contributed by atoms with Gasteiger partial charge >= 0.3 is 0 Å². The van der Waals surface area contributed by atoms with Gasteiger partial charge in [-0.25, -0.2) is 4.99 Å². The van der Waals surface area contributed by atoms with Crippen molar-refractivity contribution in [2.75, 3.05) is 5.32 Å². The highest BCUT2D eigenvalue weighted by Crippen LogP contribution is 2.30. The van der Waals surface area contributed by atoms with Crippen molar-refractivity contribution in [1.82, 2.24) is 4.98 Å². The summed E-state index contributed by atoms with van der Waals surface area (Å²) in [7, 11) is 0. The molecule has 0 bridgehead atoms. The number of pyridine rings is 1. The van der Waals surface area contributed by atoms with Gasteiger partial charge in [0.1, 0.15) is 5.84 Å². The molecule has 4 rings (SSSR count). The van der Waals surface area contributed by atoms with E-state index >= 15 is 0 Å². The normalized spacial score (nSPS) is 18.5. The number of amidine groups is 1. The maximum atomic E-state index is 12.7. The van der Waals surface area contributed by atoms with Gasteiger partial charge in [0.2, 0.25) is 0 Å². The maximum absolute atomic E-state index is 12.7. The lowest BCUT2D eigenvalue weighted by atomic mass is 9.92. The minimum Gasteiger partial charge on any atom is -0.387 e. The van der Waals surface area contributed by atoms with E-state index < -0.39 is 0 Å². The van der Waals surface area contributed by atoms with Crippen LogP contribution in [0.15, 0.2) is 41.0 Å². The summed E-state index contributed by atoms with van der Waals surface area (Å²) in [5, 5.41) is 2.92. The van der Waals surface area contributed by atoms with Crippen LogP contribution in [-0.2, 0) is 6.42 Å². The summed E-state index contributed by atoms with van der Waals surface area (Å²) in [4.78, 5) is 21.6. The highest BCUT2D eigenvalue weighted by atomic mass is 16.1. The predicted molar refractivity (Wildman–Crippen MR) is 108 cm³/mol. The first-order chi connectivity index (χ1) is 13.0. The lowest BCUT2D eigenvalue weighted by molar-refractivity contribution is 0.102. The van der Waals surface area contributed by atoms with Gasteiger partial charge in [0, 0.05) is 29.3 Å². The van der Waals surface area contributed by atoms with E-state index in [1.54, 1.807) is 18.3 Å². The molecule has 0 spiro atoms. The van der Waals surface area contributed by atoms with Crippen LogP contribution in [0, 0.1) is 0 Å². The van der Waals surface area contributed by atoms with Crippen molar-refractivity contribution in [2.45, 2.75) is 38.6 Å². The second kappa shape index (κ2) is 6.96. The summed E-state index contributed by atoms with van der Waals surface area (Å²) in [6.45, 7) is 2.02. The van der Waals surface area contributed by atoms with Crippen LogP contribution >= 0.6 is 0 Å². The lowest BCUT2D eigenvalue weighted by Gasteiger charge is -2.21. The molecule has 0 saturated heterocycles. The number of nitrogens with one attached hydrogen (secondary N) is 1. The highest BCUT2D eigenvalue weighted by molar-refractivity contribution is 6.05. The number of hydrogen-bond acceptors (Lipinski definition) is 5. The molecule has 1 aliphatic heterocycles. The number of anilines is 1. The molecule has 138 valence electrons. The minimum absolute atomic E-state index is 0.0158. The molecule has 6 nitrogen and oxygen atoms in total. The van der Waals surface area contributed by atoms with Crippen molar-refractivity contribution >= 4 is 29.2 Å². The van der Waals surface area contributed by atoms with Crippen LogP contribution in [0.3, 0.4) is 0 Å². The third-order valence-corrected chi connectivity index (χ3v) is 5.01. The van der Waals surface area contributed by atoms with Gasteiger partial charge in [-0.1, -0.05) is 17.7 Å². The van der Waals surface area contributed by atoms with E-state index in [1.807, 2.05) is 19.1 Å². The van der Waals surface area contributed by atoms with Gasteiger partial charge in [0.25, 0.3) is 5.91 Å². The zero-order valence-corrected chi connectivity index (χ0v) is 15.3. The van der Waals surface area contributed by atoms with Crippen LogP contribution in [0.2, 0.25) is 0 Å². The Kier molecular flexibility index (Phi) is 4.49. The molecule has 1 aromatic heterocycles. The summed E-state index contributed by atoms with van der Waals surface area (Å²) < 4.78 is 0. The SMILES string of the molecule is CC1=Cc2ccc(C(=O)Nc3cnc4c(c3)C(N)CCC4)cc2N=C(N)C1. The molecule has 6 heteroatoms. The second-order valence-corrected chi connectivity index (χ2v) is 7.26. The quantitative estimate of drug-likeness (QED) is 0.761. The number of aryl methyl sites for hydroxylation is 1. The van der Waals surface area contributed by atoms with Gasteiger partial charge in [0.15, 0.2) is 0 Å². The Balaban J connectivity index is 1.59. The van der Waals surface area contributed by atoms with Crippen molar-refractivity contribution in [3.63, 3.8) is 0 Å². The predicted octanol–water partition coefficient (Wildman–Crippen LogP) is 3.47. The summed E-state index contributed by atoms with van der Waals surface area (Å²) >= 11 is 0. The molecule has 2 aromatic rings. The summed E-state index contributed by atoms with van der Waals surface area (Å²) in [5.74, 6) is 0.343. The van der Waals surface area contributed by atoms with Crippen LogP contribution in [0.4, 0.5) is 11.4 Å². The number of carbonyl (C=O) groups is 1. The van der Waals surface area contributed by atoms with Gasteiger partial charge in [-0.05, 0) is 49.9 Å². The van der Waals surface area contributed by atoms with Crippen LogP contribution in [0.5, 0.6) is 0 Å². The van der Waals surface area contributed by atoms with Crippen LogP contribution in [0.1, 0.15) is 59.4 Å². The number of fused-ring (bicyclic) bond motifs is 2. The van der Waals surface area contributed by atoms with Gasteiger partial charge < -0.3 is 16.8 Å². The van der Waals surface area contributed by atoms with E-state index in [4.69, 9.17) is 11.5 Å². The third kappa shape index (κ3) is 3.61. The Morgan fingerprint density at radius 1 is 1.30 bits per heavy atom. The van der Waals surface area contributed by atoms with E-state index in [-0.39, 0.29) is 11.9 Å². The average Bonchev–Trinajstić information content (AvgIpc) is 2.77. The van der Waals surface area contributed by atoms with Crippen molar-refractivity contribution in [2.24, 2.45) is 16.5 Å². The molecular weight excluding hydrogens is 338 g/mol. The van der Waals surface area contributed by atoms with Crippen molar-refractivity contribution < 1.29 is 4.79 Å². The molecule has 0 radical (unpaired) electrons. The Labute approximate surface area is 158 Å². The zero-order valence-electron chi connectivity index (χ0n) is 15.3. The van der Waals surface area contributed by atoms with E-state index in [9.17, 15) is 4.79 Å². The smallest absolute Gasteiger partial charge is 0.255 e. The summed E-state index contributed by atoms with van der Waals surface area (Å²) in [6, 6.07) is 7.39. The second-order valence-electron chi connectivity index (χ2n) is 7.26. The Morgan fingerprint density at radius 3 is 3.00 bits per heavy atom. The first-order valence-electron chi connectivity index (χ1n) is 9.19. The Hall–Kier alpha value is -2.99. The minimum atomic E-state index is -0.206. The van der Waals surface area contributed by atoms with E-state index in [0.29, 0.717) is 29.2 Å². The molecule has 27 heavy (non-hydrogen) atoms. The molecule has 1 aliphatic carbocycles. The van der Waals surface area contributed by atoms with Crippen LogP contribution in [-0.4, -0.2) is 16.7 Å². The molecule has 5 N–H and O–H groups in total. The molecule has 1 aromatic carbocycles. The number of nitrogens with two attached hydrogens (primary N) is 2. The van der Waals surface area contributed by atoms with Crippen LogP contribution in [0.25, 0.3) is 6.08 Å². The number of aromatic nitrogens is 1. The molecule has 1 amide bonds. The van der Waals surface area contributed by atoms with Gasteiger partial charge in [0.05, 0.1) is 17.6 Å². The van der Waals surface area contributed by atoms with Crippen LogP contribution < -0.4 is 16.8 Å². The molecule has 0 saturated carbocycles. The number of benzene rings is 1. The average molecular weight is 361 g/mol. The fourth-order valence-corrected chi connectivity index (χ4v) is 3.66. The molecular formula is C21H23N5O. The summed E-state index contributed by atoms with van der Waals surface area (Å²) in [6.07, 6.45) is 7.32. The first-order valence-corrected chi connectivity index (χ1v) is 9.19. The number of amides is 1. The molecule has 1 atom stereocenters. The fourth-order valence-electron chi connectivity index (χ4n) is 3.66. The molecule has 0 fully saturated rings. The standard InChI is InChI=1S/C21H23N5O/c1-12-7-13-5-6-14(9-19(13)26-20(23)8-12)21(27)25-15-10-16-17(22)3-2-4-18(16)24-11-15/h5-7,9-11,17H,2-4,8,22H2,1H3,(H2,23,26)(H,25,27). The topological polar surface area (TPSA) is 106 Å². The molecule has 1 unspecified atom stereocenters. The van der Waals surface area contributed by atoms with Gasteiger partial charge in [-0.15, -0.1) is 0 Å². The van der Waals surface area contributed by atoms with Crippen molar-refractivity contribution in [1.29, 1.82) is 0 Å². The molecule has 2 heterocycles. The maximum Gasteiger partial charge on any atom is 0.255 e. The fraction of sp³-hybridized carbons (Fsp3) is 0.286. The number of hydrogen-bond donors (Lipinski definition) is 3. The largest absolute Gasteiger partial charge is 0.387 e. The molecule has 2 aliphatic rings. The first kappa shape index (κ1) is 17.4. The number of aliphatic imine (C=N–C) groups is 1. The van der Waals surface area contributed by atoms with E-state index in [0.717, 1.165) is 41.7 Å². The Morgan fingerprint density at radius 2 is 2.15 bits per heavy atom. The third-order valence-electron chi connectivity index (χ3n) is 5.01. The van der Waals surface area contributed by atoms with E-state index in [1.165, 1.54) is 0 Å². The van der Waals surface area contributed by atoms with Gasteiger partial charge in [-0.3, -0.25) is 9.78 Å². The van der Waals surface area contributed by atoms with Crippen molar-refractivity contribution in [3.8, 4) is 0 Å².